The van der Waals surface area contributed by atoms with Crippen molar-refractivity contribution < 1.29 is 4.79 Å². The number of nitrogens with one attached hydrogen (secondary N) is 2. The lowest BCUT2D eigenvalue weighted by Crippen LogP contribution is -2.40. The second-order valence-electron chi connectivity index (χ2n) is 2.65. The van der Waals surface area contributed by atoms with Crippen molar-refractivity contribution in [3.05, 3.63) is 0 Å². The molecule has 1 amide bonds. The van der Waals surface area contributed by atoms with Gasteiger partial charge in [0.05, 0.1) is 5.54 Å². The highest BCUT2D eigenvalue weighted by atomic mass is 32.1. The summed E-state index contributed by atoms with van der Waals surface area (Å²) in [7, 11) is 0. The molecular weight excluding hydrogens is 136 g/mol. The number of carbonyl (C=O) groups excluding carboxylic acids is 1. The van der Waals surface area contributed by atoms with Crippen LogP contribution in [0.5, 0.6) is 0 Å². The van der Waals surface area contributed by atoms with Crippen LogP contribution in [-0.4, -0.2) is 16.9 Å². The summed E-state index contributed by atoms with van der Waals surface area (Å²) in [6, 6.07) is 0. The SMILES string of the molecule is CC1(C)NC(S)NC1=O. The van der Waals surface area contributed by atoms with Crippen LogP contribution in [0.2, 0.25) is 0 Å². The smallest absolute Gasteiger partial charge is 0.241 e. The first-order valence-electron chi connectivity index (χ1n) is 2.79. The van der Waals surface area contributed by atoms with E-state index in [0.717, 1.165) is 0 Å². The molecule has 0 aromatic heterocycles. The Morgan fingerprint density at radius 1 is 1.67 bits per heavy atom. The number of rotatable bonds is 0. The Balaban J connectivity index is 2.70. The van der Waals surface area contributed by atoms with Gasteiger partial charge >= 0.3 is 0 Å². The third kappa shape index (κ3) is 1.19. The monoisotopic (exact) mass is 146 g/mol. The molecule has 1 heterocycles. The van der Waals surface area contributed by atoms with E-state index < -0.39 is 5.54 Å². The summed E-state index contributed by atoms with van der Waals surface area (Å²) in [5.74, 6) is 0.00231. The van der Waals surface area contributed by atoms with Crippen LogP contribution < -0.4 is 10.6 Å². The van der Waals surface area contributed by atoms with Gasteiger partial charge in [-0.2, -0.15) is 0 Å². The molecule has 1 rings (SSSR count). The fourth-order valence-corrected chi connectivity index (χ4v) is 1.19. The molecule has 0 bridgehead atoms. The van der Waals surface area contributed by atoms with Crippen LogP contribution in [0, 0.1) is 0 Å². The second-order valence-corrected chi connectivity index (χ2v) is 3.16. The van der Waals surface area contributed by atoms with Crippen molar-refractivity contribution in [3.63, 3.8) is 0 Å². The van der Waals surface area contributed by atoms with Crippen molar-refractivity contribution in [2.45, 2.75) is 24.9 Å². The molecule has 4 heteroatoms. The number of thiol groups is 1. The summed E-state index contributed by atoms with van der Waals surface area (Å²) in [5.41, 5.74) is -0.639. The Morgan fingerprint density at radius 2 is 2.22 bits per heavy atom. The first-order chi connectivity index (χ1) is 4.02. The minimum Gasteiger partial charge on any atom is -0.330 e. The quantitative estimate of drug-likeness (QED) is 0.411. The maximum absolute atomic E-state index is 10.9. The zero-order valence-electron chi connectivity index (χ0n) is 5.43. The molecule has 1 aliphatic rings. The zero-order chi connectivity index (χ0) is 7.07. The number of hydrogen-bond acceptors (Lipinski definition) is 3. The van der Waals surface area contributed by atoms with Crippen molar-refractivity contribution in [3.8, 4) is 0 Å². The lowest BCUT2D eigenvalue weighted by atomic mass is 10.1. The van der Waals surface area contributed by atoms with Gasteiger partial charge in [0, 0.05) is 0 Å². The van der Waals surface area contributed by atoms with Crippen LogP contribution in [0.15, 0.2) is 0 Å². The second kappa shape index (κ2) is 1.88. The number of amides is 1. The van der Waals surface area contributed by atoms with Gasteiger partial charge in [0.15, 0.2) is 0 Å². The standard InChI is InChI=1S/C5H10N2OS/c1-5(2)3(8)6-4(9)7-5/h4,7,9H,1-2H3,(H,6,8). The van der Waals surface area contributed by atoms with E-state index in [-0.39, 0.29) is 11.4 Å². The van der Waals surface area contributed by atoms with Gasteiger partial charge in [0.25, 0.3) is 0 Å². The van der Waals surface area contributed by atoms with E-state index in [1.807, 2.05) is 13.8 Å². The average molecular weight is 146 g/mol. The molecule has 0 spiro atoms. The Hall–Kier alpha value is -0.220. The van der Waals surface area contributed by atoms with Gasteiger partial charge in [-0.15, -0.1) is 12.6 Å². The number of hydrogen-bond donors (Lipinski definition) is 3. The van der Waals surface area contributed by atoms with Crippen LogP contribution in [0.25, 0.3) is 0 Å². The van der Waals surface area contributed by atoms with Crippen LogP contribution in [0.1, 0.15) is 13.8 Å². The molecular formula is C5H10N2OS. The number of carbonyl (C=O) groups is 1. The summed E-state index contributed by atoms with van der Waals surface area (Å²) >= 11 is 4.02. The minimum absolute atomic E-state index is 0.00231. The van der Waals surface area contributed by atoms with Gasteiger partial charge in [0.1, 0.15) is 5.50 Å². The van der Waals surface area contributed by atoms with Crippen molar-refractivity contribution in [2.75, 3.05) is 0 Å². The molecule has 2 N–H and O–H groups in total. The van der Waals surface area contributed by atoms with Crippen LogP contribution in [-0.2, 0) is 4.79 Å². The van der Waals surface area contributed by atoms with Crippen molar-refractivity contribution in [1.29, 1.82) is 0 Å². The van der Waals surface area contributed by atoms with E-state index in [9.17, 15) is 4.79 Å². The first kappa shape index (κ1) is 6.89. The predicted octanol–water partition coefficient (Wildman–Crippen LogP) is -0.302. The fraction of sp³-hybridized carbons (Fsp3) is 0.800. The molecule has 3 nitrogen and oxygen atoms in total. The topological polar surface area (TPSA) is 41.1 Å². The van der Waals surface area contributed by atoms with E-state index in [2.05, 4.69) is 23.3 Å². The Morgan fingerprint density at radius 3 is 2.33 bits per heavy atom. The molecule has 1 atom stereocenters. The van der Waals surface area contributed by atoms with E-state index in [4.69, 9.17) is 0 Å². The molecule has 0 aromatic rings. The normalized spacial score (nSPS) is 32.3. The fourth-order valence-electron chi connectivity index (χ4n) is 0.748. The van der Waals surface area contributed by atoms with Gasteiger partial charge in [-0.25, -0.2) is 0 Å². The molecule has 1 unspecified atom stereocenters. The molecule has 52 valence electrons. The largest absolute Gasteiger partial charge is 0.330 e. The maximum atomic E-state index is 10.9. The van der Waals surface area contributed by atoms with Crippen LogP contribution in [0.3, 0.4) is 0 Å². The summed E-state index contributed by atoms with van der Waals surface area (Å²) in [6.45, 7) is 3.64. The summed E-state index contributed by atoms with van der Waals surface area (Å²) in [6.07, 6.45) is 0. The van der Waals surface area contributed by atoms with E-state index in [0.29, 0.717) is 0 Å². The van der Waals surface area contributed by atoms with Gasteiger partial charge in [-0.1, -0.05) is 0 Å². The summed E-state index contributed by atoms with van der Waals surface area (Å²) in [4.78, 5) is 10.9. The first-order valence-corrected chi connectivity index (χ1v) is 3.31. The highest BCUT2D eigenvalue weighted by Gasteiger charge is 2.36. The highest BCUT2D eigenvalue weighted by Crippen LogP contribution is 2.10. The van der Waals surface area contributed by atoms with Crippen molar-refractivity contribution in [2.24, 2.45) is 0 Å². The van der Waals surface area contributed by atoms with E-state index in [1.165, 1.54) is 0 Å². The molecule has 0 radical (unpaired) electrons. The van der Waals surface area contributed by atoms with Gasteiger partial charge in [-0.3, -0.25) is 10.1 Å². The molecule has 0 aromatic carbocycles. The third-order valence-electron chi connectivity index (χ3n) is 1.33. The van der Waals surface area contributed by atoms with Crippen LogP contribution >= 0.6 is 12.6 Å². The lowest BCUT2D eigenvalue weighted by Gasteiger charge is -2.12. The Kier molecular flexibility index (Phi) is 1.44. The van der Waals surface area contributed by atoms with Gasteiger partial charge in [-0.05, 0) is 13.8 Å². The summed E-state index contributed by atoms with van der Waals surface area (Å²) < 4.78 is 0. The predicted molar refractivity (Wildman–Crippen MR) is 38.1 cm³/mol. The van der Waals surface area contributed by atoms with Crippen molar-refractivity contribution >= 4 is 18.5 Å². The van der Waals surface area contributed by atoms with E-state index in [1.54, 1.807) is 0 Å². The minimum atomic E-state index is -0.452. The molecule has 1 aliphatic heterocycles. The van der Waals surface area contributed by atoms with Gasteiger partial charge in [0.2, 0.25) is 5.91 Å². The van der Waals surface area contributed by atoms with Gasteiger partial charge < -0.3 is 5.32 Å². The lowest BCUT2D eigenvalue weighted by molar-refractivity contribution is -0.123. The van der Waals surface area contributed by atoms with Crippen molar-refractivity contribution in [1.82, 2.24) is 10.6 Å². The third-order valence-corrected chi connectivity index (χ3v) is 1.59. The van der Waals surface area contributed by atoms with Crippen LogP contribution in [0.4, 0.5) is 0 Å². The Labute approximate surface area is 59.6 Å². The molecule has 1 fully saturated rings. The Bertz CT molecular complexity index is 146. The molecule has 0 saturated carbocycles. The maximum Gasteiger partial charge on any atom is 0.241 e. The molecule has 0 aliphatic carbocycles. The zero-order valence-corrected chi connectivity index (χ0v) is 6.33. The molecule has 1 saturated heterocycles. The molecule has 9 heavy (non-hydrogen) atoms. The highest BCUT2D eigenvalue weighted by molar-refractivity contribution is 7.80. The average Bonchev–Trinajstić information content (AvgIpc) is 1.79. The van der Waals surface area contributed by atoms with E-state index >= 15 is 0 Å². The summed E-state index contributed by atoms with van der Waals surface area (Å²) in [5, 5.41) is 5.57.